The molecule has 3 rings (SSSR count). The Hall–Kier alpha value is -2.96. The number of carbonyl (C=O) groups is 1. The SMILES string of the molecule is C/C=C/c1ccc(/C(=C(/CC)c2cccc(OCCCC)c2)c2ccc(NPI)c(C=N)c2)cc1.CCOC=O. The molecule has 7 heteroatoms. The molecule has 0 spiro atoms. The van der Waals surface area contributed by atoms with E-state index < -0.39 is 0 Å². The van der Waals surface area contributed by atoms with E-state index in [4.69, 9.17) is 10.1 Å². The third kappa shape index (κ3) is 10.2. The summed E-state index contributed by atoms with van der Waals surface area (Å²) in [6.07, 6.45) is 9.20. The third-order valence-corrected chi connectivity index (χ3v) is 7.25. The van der Waals surface area contributed by atoms with E-state index >= 15 is 0 Å². The number of benzene rings is 3. The van der Waals surface area contributed by atoms with E-state index in [1.165, 1.54) is 34.1 Å². The number of hydrogen-bond acceptors (Lipinski definition) is 5. The monoisotopic (exact) mass is 670 g/mol. The molecule has 3 aromatic rings. The van der Waals surface area contributed by atoms with Crippen molar-refractivity contribution in [1.29, 1.82) is 5.41 Å². The topological polar surface area (TPSA) is 71.4 Å². The van der Waals surface area contributed by atoms with Crippen LogP contribution in [0.2, 0.25) is 0 Å². The van der Waals surface area contributed by atoms with Gasteiger partial charge >= 0.3 is 0 Å². The molecule has 0 radical (unpaired) electrons. The zero-order chi connectivity index (χ0) is 29.2. The van der Waals surface area contributed by atoms with Crippen molar-refractivity contribution in [3.05, 3.63) is 101 Å². The van der Waals surface area contributed by atoms with Crippen LogP contribution in [-0.4, -0.2) is 25.9 Å². The minimum Gasteiger partial charge on any atom is -0.494 e. The second-order valence-corrected chi connectivity index (χ2v) is 10.8. The first-order valence-corrected chi connectivity index (χ1v) is 17.7. The lowest BCUT2D eigenvalue weighted by molar-refractivity contribution is -0.128. The predicted molar refractivity (Wildman–Crippen MR) is 182 cm³/mol. The molecule has 0 bridgehead atoms. The van der Waals surface area contributed by atoms with Crippen molar-refractivity contribution < 1.29 is 14.3 Å². The Morgan fingerprint density at radius 3 is 2.33 bits per heavy atom. The zero-order valence-corrected chi connectivity index (χ0v) is 27.0. The Morgan fingerprint density at radius 2 is 1.75 bits per heavy atom. The van der Waals surface area contributed by atoms with Gasteiger partial charge in [-0.1, -0.05) is 74.9 Å². The zero-order valence-electron chi connectivity index (χ0n) is 23.8. The van der Waals surface area contributed by atoms with Crippen molar-refractivity contribution in [2.24, 2.45) is 0 Å². The standard InChI is InChI=1S/C30H34IN2OP.C3H6O2/c1-4-7-18-34-27-11-8-10-24(20-27)28(6-3)30(23-14-12-22(9-5-2)13-15-23)25-16-17-29(33-35-31)26(19-25)21-32;1-2-5-3-4/h5,8-17,19-21,32-33,35H,4,6-7,18H2,1-3H3;3H,2H2,1H3/b9-5+,30-28+,32-21?;. The van der Waals surface area contributed by atoms with Crippen molar-refractivity contribution in [3.8, 4) is 5.75 Å². The Balaban J connectivity index is 0.00000103. The lowest BCUT2D eigenvalue weighted by atomic mass is 9.87. The average molecular weight is 671 g/mol. The maximum atomic E-state index is 9.18. The van der Waals surface area contributed by atoms with Crippen LogP contribution in [0.3, 0.4) is 0 Å². The van der Waals surface area contributed by atoms with Gasteiger partial charge in [-0.2, -0.15) is 0 Å². The summed E-state index contributed by atoms with van der Waals surface area (Å²) in [4.78, 5) is 9.18. The summed E-state index contributed by atoms with van der Waals surface area (Å²) >= 11 is 2.32. The maximum Gasteiger partial charge on any atom is 0.293 e. The Kier molecular flexibility index (Phi) is 15.9. The quantitative estimate of drug-likeness (QED) is 0.0448. The molecular formula is C33H40IN2O3P. The summed E-state index contributed by atoms with van der Waals surface area (Å²) in [5.41, 5.74) is 8.96. The van der Waals surface area contributed by atoms with Crippen LogP contribution in [0.25, 0.3) is 17.2 Å². The summed E-state index contributed by atoms with van der Waals surface area (Å²) in [7, 11) is 0. The number of hydrogen-bond donors (Lipinski definition) is 2. The highest BCUT2D eigenvalue weighted by Crippen LogP contribution is 2.37. The fourth-order valence-corrected chi connectivity index (χ4v) is 5.37. The number of ether oxygens (including phenoxy) is 2. The first-order valence-electron chi connectivity index (χ1n) is 13.6. The Bertz CT molecular complexity index is 1270. The summed E-state index contributed by atoms with van der Waals surface area (Å²) < 4.78 is 10.2. The van der Waals surface area contributed by atoms with Crippen molar-refractivity contribution >= 4 is 64.0 Å². The van der Waals surface area contributed by atoms with Gasteiger partial charge in [-0.05, 0) is 106 Å². The van der Waals surface area contributed by atoms with Crippen LogP contribution in [0.1, 0.15) is 74.8 Å². The van der Waals surface area contributed by atoms with Crippen molar-refractivity contribution in [2.75, 3.05) is 18.3 Å². The molecule has 0 saturated carbocycles. The molecule has 0 aromatic heterocycles. The number of unbranched alkanes of at least 4 members (excludes halogenated alkanes) is 1. The van der Waals surface area contributed by atoms with Gasteiger partial charge in [-0.25, -0.2) is 0 Å². The van der Waals surface area contributed by atoms with Gasteiger partial charge in [0.1, 0.15) is 5.75 Å². The predicted octanol–water partition coefficient (Wildman–Crippen LogP) is 9.80. The first kappa shape index (κ1) is 33.2. The van der Waals surface area contributed by atoms with Gasteiger partial charge in [-0.15, -0.1) is 0 Å². The van der Waals surface area contributed by atoms with Crippen LogP contribution in [0.4, 0.5) is 5.69 Å². The second-order valence-electron chi connectivity index (χ2n) is 8.78. The molecule has 3 aromatic carbocycles. The normalized spacial score (nSPS) is 11.5. The van der Waals surface area contributed by atoms with Gasteiger partial charge in [0.15, 0.2) is 0 Å². The van der Waals surface area contributed by atoms with Gasteiger partial charge < -0.3 is 20.0 Å². The molecule has 2 N–H and O–H groups in total. The smallest absolute Gasteiger partial charge is 0.293 e. The fraction of sp³-hybridized carbons (Fsp3) is 0.273. The summed E-state index contributed by atoms with van der Waals surface area (Å²) in [5, 5.41) is 11.4. The summed E-state index contributed by atoms with van der Waals surface area (Å²) in [5.74, 6) is 0.910. The highest BCUT2D eigenvalue weighted by Gasteiger charge is 2.15. The van der Waals surface area contributed by atoms with Crippen molar-refractivity contribution in [1.82, 2.24) is 0 Å². The number of allylic oxidation sites excluding steroid dienone is 2. The van der Waals surface area contributed by atoms with Crippen LogP contribution >= 0.6 is 28.4 Å². The molecule has 0 aliphatic rings. The molecule has 40 heavy (non-hydrogen) atoms. The molecule has 5 nitrogen and oxygen atoms in total. The maximum absolute atomic E-state index is 9.18. The van der Waals surface area contributed by atoms with Gasteiger partial charge in [0.2, 0.25) is 0 Å². The van der Waals surface area contributed by atoms with Crippen LogP contribution in [-0.2, 0) is 9.53 Å². The highest BCUT2D eigenvalue weighted by atomic mass is 127. The van der Waals surface area contributed by atoms with Gasteiger partial charge in [0.25, 0.3) is 6.47 Å². The van der Waals surface area contributed by atoms with Crippen LogP contribution in [0, 0.1) is 5.41 Å². The number of nitrogens with one attached hydrogen (secondary N) is 2. The molecule has 0 amide bonds. The highest BCUT2D eigenvalue weighted by molar-refractivity contribution is 14.2. The Labute approximate surface area is 254 Å². The molecule has 1 unspecified atom stereocenters. The lowest BCUT2D eigenvalue weighted by Gasteiger charge is -2.19. The first-order chi connectivity index (χ1) is 19.6. The molecule has 212 valence electrons. The molecule has 0 fully saturated rings. The third-order valence-electron chi connectivity index (χ3n) is 6.08. The molecule has 1 atom stereocenters. The van der Waals surface area contributed by atoms with E-state index in [-0.39, 0.29) is 0 Å². The van der Waals surface area contributed by atoms with Crippen molar-refractivity contribution in [3.63, 3.8) is 0 Å². The second kappa shape index (κ2) is 19.2. The van der Waals surface area contributed by atoms with Crippen LogP contribution in [0.15, 0.2) is 72.8 Å². The largest absolute Gasteiger partial charge is 0.494 e. The number of rotatable bonds is 14. The number of halogens is 1. The van der Waals surface area contributed by atoms with Gasteiger partial charge in [-0.3, -0.25) is 4.79 Å². The van der Waals surface area contributed by atoms with E-state index in [2.05, 4.69) is 119 Å². The van der Waals surface area contributed by atoms with Gasteiger partial charge in [0, 0.05) is 23.8 Å². The van der Waals surface area contributed by atoms with Crippen molar-refractivity contribution in [2.45, 2.75) is 47.0 Å². The van der Waals surface area contributed by atoms with E-state index in [0.29, 0.717) is 19.5 Å². The summed E-state index contributed by atoms with van der Waals surface area (Å²) in [6.45, 7) is 9.82. The van der Waals surface area contributed by atoms with Crippen LogP contribution < -0.4 is 9.82 Å². The van der Waals surface area contributed by atoms with Gasteiger partial charge in [0.05, 0.1) is 13.2 Å². The number of anilines is 1. The van der Waals surface area contributed by atoms with E-state index in [0.717, 1.165) is 48.4 Å². The van der Waals surface area contributed by atoms with E-state index in [1.54, 1.807) is 6.92 Å². The fourth-order valence-electron chi connectivity index (χ4n) is 4.17. The van der Waals surface area contributed by atoms with E-state index in [9.17, 15) is 4.79 Å². The molecule has 0 heterocycles. The Morgan fingerprint density at radius 1 is 1.00 bits per heavy atom. The molecule has 0 saturated heterocycles. The minimum atomic E-state index is 0.431. The average Bonchev–Trinajstić information content (AvgIpc) is 2.98. The lowest BCUT2D eigenvalue weighted by Crippen LogP contribution is -1.99. The minimum absolute atomic E-state index is 0.431. The summed E-state index contributed by atoms with van der Waals surface area (Å²) in [6, 6.07) is 23.6. The molecule has 0 aliphatic carbocycles. The van der Waals surface area contributed by atoms with E-state index in [1.807, 2.05) is 13.0 Å². The molecular weight excluding hydrogens is 630 g/mol. The molecule has 0 aliphatic heterocycles. The van der Waals surface area contributed by atoms with Crippen LogP contribution in [0.5, 0.6) is 5.75 Å². The number of carbonyl (C=O) groups excluding carboxylic acids is 1.